The minimum Gasteiger partial charge on any atom is -0.303 e. The van der Waals surface area contributed by atoms with Crippen molar-refractivity contribution in [2.24, 2.45) is 10.2 Å². The Bertz CT molecular complexity index is 646. The molecule has 1 saturated heterocycles. The molecular formula is C11H6Cl2F3N3OS. The minimum atomic E-state index is -4.62. The molecule has 0 atom stereocenters. The summed E-state index contributed by atoms with van der Waals surface area (Å²) in [5.41, 5.74) is -0.954. The molecule has 1 aliphatic rings. The van der Waals surface area contributed by atoms with Crippen molar-refractivity contribution in [2.75, 3.05) is 5.75 Å². The highest BCUT2D eigenvalue weighted by Crippen LogP contribution is 2.38. The first kappa shape index (κ1) is 16.1. The molecule has 0 aromatic heterocycles. The van der Waals surface area contributed by atoms with Gasteiger partial charge in [-0.2, -0.15) is 18.3 Å². The SMILES string of the molecule is O=C1CSC(=NN=Cc2cc(Cl)c(Cl)c(C(F)(F)F)c2)N1. The van der Waals surface area contributed by atoms with Gasteiger partial charge in [0.1, 0.15) is 0 Å². The Morgan fingerprint density at radius 3 is 2.62 bits per heavy atom. The van der Waals surface area contributed by atoms with Crippen LogP contribution < -0.4 is 5.32 Å². The molecule has 1 aliphatic heterocycles. The molecule has 0 unspecified atom stereocenters. The molecule has 1 N–H and O–H groups in total. The predicted octanol–water partition coefficient (Wildman–Crippen LogP) is 3.57. The average Bonchev–Trinajstić information content (AvgIpc) is 2.78. The lowest BCUT2D eigenvalue weighted by Crippen LogP contribution is -2.19. The van der Waals surface area contributed by atoms with Crippen molar-refractivity contribution in [2.45, 2.75) is 6.18 Å². The Balaban J connectivity index is 2.25. The van der Waals surface area contributed by atoms with Crippen molar-refractivity contribution in [3.8, 4) is 0 Å². The number of hydrogen-bond acceptors (Lipinski definition) is 4. The normalized spacial score (nSPS) is 17.8. The summed E-state index contributed by atoms with van der Waals surface area (Å²) < 4.78 is 38.3. The molecule has 0 radical (unpaired) electrons. The van der Waals surface area contributed by atoms with E-state index in [2.05, 4.69) is 15.5 Å². The Kier molecular flexibility index (Phi) is 4.80. The fourth-order valence-electron chi connectivity index (χ4n) is 1.42. The van der Waals surface area contributed by atoms with Crippen LogP contribution in [0.3, 0.4) is 0 Å². The second-order valence-corrected chi connectivity index (χ2v) is 5.60. The summed E-state index contributed by atoms with van der Waals surface area (Å²) in [7, 11) is 0. The maximum atomic E-state index is 12.8. The molecule has 1 fully saturated rings. The molecule has 0 bridgehead atoms. The van der Waals surface area contributed by atoms with Gasteiger partial charge < -0.3 is 5.32 Å². The Hall–Kier alpha value is -1.25. The van der Waals surface area contributed by atoms with Gasteiger partial charge in [0.15, 0.2) is 5.17 Å². The van der Waals surface area contributed by atoms with E-state index in [4.69, 9.17) is 23.2 Å². The molecule has 0 aliphatic carbocycles. The summed E-state index contributed by atoms with van der Waals surface area (Å²) in [6, 6.07) is 2.06. The van der Waals surface area contributed by atoms with Gasteiger partial charge >= 0.3 is 6.18 Å². The summed E-state index contributed by atoms with van der Waals surface area (Å²) in [6.45, 7) is 0. The third-order valence-electron chi connectivity index (χ3n) is 2.30. The molecule has 1 heterocycles. The monoisotopic (exact) mass is 355 g/mol. The van der Waals surface area contributed by atoms with E-state index >= 15 is 0 Å². The summed E-state index contributed by atoms with van der Waals surface area (Å²) in [5.74, 6) is 0.0298. The molecule has 1 aromatic rings. The van der Waals surface area contributed by atoms with Crippen LogP contribution in [0.2, 0.25) is 10.0 Å². The molecule has 2 rings (SSSR count). The Morgan fingerprint density at radius 2 is 2.05 bits per heavy atom. The first-order valence-electron chi connectivity index (χ1n) is 5.37. The number of amidine groups is 1. The first-order chi connectivity index (χ1) is 9.77. The first-order valence-corrected chi connectivity index (χ1v) is 7.11. The number of benzene rings is 1. The van der Waals surface area contributed by atoms with Gasteiger partial charge in [0.2, 0.25) is 5.91 Å². The van der Waals surface area contributed by atoms with Gasteiger partial charge in [-0.15, -0.1) is 5.10 Å². The van der Waals surface area contributed by atoms with Gasteiger partial charge in [-0.25, -0.2) is 0 Å². The highest BCUT2D eigenvalue weighted by molar-refractivity contribution is 8.15. The predicted molar refractivity (Wildman–Crippen MR) is 77.1 cm³/mol. The minimum absolute atomic E-state index is 0.0930. The van der Waals surface area contributed by atoms with Crippen LogP contribution in [-0.2, 0) is 11.0 Å². The van der Waals surface area contributed by atoms with E-state index in [9.17, 15) is 18.0 Å². The second kappa shape index (κ2) is 6.25. The Labute approximate surface area is 131 Å². The summed E-state index contributed by atoms with van der Waals surface area (Å²) in [4.78, 5) is 10.9. The van der Waals surface area contributed by atoms with Crippen molar-refractivity contribution >= 4 is 52.3 Å². The topological polar surface area (TPSA) is 53.8 Å². The number of carbonyl (C=O) groups is 1. The number of amides is 1. The highest BCUT2D eigenvalue weighted by Gasteiger charge is 2.34. The van der Waals surface area contributed by atoms with E-state index in [-0.39, 0.29) is 27.4 Å². The summed E-state index contributed by atoms with van der Waals surface area (Å²) in [5, 5.41) is 9.20. The molecule has 0 saturated carbocycles. The van der Waals surface area contributed by atoms with Crippen molar-refractivity contribution in [1.29, 1.82) is 0 Å². The number of hydrogen-bond donors (Lipinski definition) is 1. The van der Waals surface area contributed by atoms with Gasteiger partial charge in [0.05, 0.1) is 27.6 Å². The van der Waals surface area contributed by atoms with Gasteiger partial charge in [-0.3, -0.25) is 4.79 Å². The zero-order chi connectivity index (χ0) is 15.6. The van der Waals surface area contributed by atoms with E-state index in [1.165, 1.54) is 6.07 Å². The van der Waals surface area contributed by atoms with E-state index < -0.39 is 16.8 Å². The van der Waals surface area contributed by atoms with Crippen LogP contribution in [0.1, 0.15) is 11.1 Å². The van der Waals surface area contributed by atoms with Crippen LogP contribution in [0, 0.1) is 0 Å². The van der Waals surface area contributed by atoms with Gasteiger partial charge in [0, 0.05) is 0 Å². The van der Waals surface area contributed by atoms with Crippen LogP contribution >= 0.6 is 35.0 Å². The van der Waals surface area contributed by atoms with Crippen molar-refractivity contribution in [3.05, 3.63) is 33.3 Å². The fourth-order valence-corrected chi connectivity index (χ4v) is 2.49. The lowest BCUT2D eigenvalue weighted by molar-refractivity contribution is -0.137. The molecule has 1 aromatic carbocycles. The van der Waals surface area contributed by atoms with Gasteiger partial charge in [-0.05, 0) is 17.7 Å². The van der Waals surface area contributed by atoms with E-state index in [0.717, 1.165) is 24.0 Å². The lowest BCUT2D eigenvalue weighted by atomic mass is 10.1. The highest BCUT2D eigenvalue weighted by atomic mass is 35.5. The molecular weight excluding hydrogens is 350 g/mol. The maximum absolute atomic E-state index is 12.8. The second-order valence-electron chi connectivity index (χ2n) is 3.85. The van der Waals surface area contributed by atoms with E-state index in [0.29, 0.717) is 0 Å². The molecule has 1 amide bonds. The zero-order valence-corrected chi connectivity index (χ0v) is 12.4. The standard InChI is InChI=1S/C11H6Cl2F3N3OS/c12-7-2-5(1-6(9(7)13)11(14,15)16)3-17-19-10-18-8(20)4-21-10/h1-3H,4H2,(H,18,19,20). The van der Waals surface area contributed by atoms with Crippen LogP contribution in [0.4, 0.5) is 13.2 Å². The molecule has 10 heteroatoms. The van der Waals surface area contributed by atoms with Crippen LogP contribution in [0.5, 0.6) is 0 Å². The van der Waals surface area contributed by atoms with Gasteiger partial charge in [0.25, 0.3) is 0 Å². The quantitative estimate of drug-likeness (QED) is 0.651. The largest absolute Gasteiger partial charge is 0.417 e. The van der Waals surface area contributed by atoms with Crippen LogP contribution in [0.15, 0.2) is 22.3 Å². The molecule has 4 nitrogen and oxygen atoms in total. The fraction of sp³-hybridized carbons (Fsp3) is 0.182. The number of carbonyl (C=O) groups excluding carboxylic acids is 1. The molecule has 112 valence electrons. The van der Waals surface area contributed by atoms with Gasteiger partial charge in [-0.1, -0.05) is 35.0 Å². The third kappa shape index (κ3) is 4.12. The van der Waals surface area contributed by atoms with Crippen molar-refractivity contribution < 1.29 is 18.0 Å². The van der Waals surface area contributed by atoms with E-state index in [1.807, 2.05) is 0 Å². The number of halogens is 5. The number of nitrogens with zero attached hydrogens (tertiary/aromatic N) is 2. The zero-order valence-electron chi connectivity index (χ0n) is 10.0. The number of rotatable bonds is 2. The van der Waals surface area contributed by atoms with Crippen LogP contribution in [0.25, 0.3) is 0 Å². The molecule has 0 spiro atoms. The smallest absolute Gasteiger partial charge is 0.303 e. The summed E-state index contributed by atoms with van der Waals surface area (Å²) in [6.07, 6.45) is -3.53. The molecule has 21 heavy (non-hydrogen) atoms. The number of thioether (sulfide) groups is 1. The van der Waals surface area contributed by atoms with Crippen molar-refractivity contribution in [1.82, 2.24) is 5.32 Å². The van der Waals surface area contributed by atoms with Crippen LogP contribution in [-0.4, -0.2) is 23.0 Å². The summed E-state index contributed by atoms with van der Waals surface area (Å²) >= 11 is 12.3. The third-order valence-corrected chi connectivity index (χ3v) is 3.96. The average molecular weight is 356 g/mol. The number of alkyl halides is 3. The lowest BCUT2D eigenvalue weighted by Gasteiger charge is -2.10. The maximum Gasteiger partial charge on any atom is 0.417 e. The number of nitrogens with one attached hydrogen (secondary N) is 1. The van der Waals surface area contributed by atoms with E-state index in [1.54, 1.807) is 0 Å². The van der Waals surface area contributed by atoms with Crippen molar-refractivity contribution in [3.63, 3.8) is 0 Å². The Morgan fingerprint density at radius 1 is 1.33 bits per heavy atom.